The molecule has 2 aliphatic rings. The van der Waals surface area contributed by atoms with Crippen LogP contribution in [0.3, 0.4) is 0 Å². The SMILES string of the molecule is O=C(NOC1CCCC1)C1CNc2ccccc2O1. The monoisotopic (exact) mass is 262 g/mol. The minimum absolute atomic E-state index is 0.160. The highest BCUT2D eigenvalue weighted by molar-refractivity contribution is 5.82. The number of carbonyl (C=O) groups excluding carboxylic acids is 1. The van der Waals surface area contributed by atoms with E-state index in [1.807, 2.05) is 24.3 Å². The molecule has 1 fully saturated rings. The summed E-state index contributed by atoms with van der Waals surface area (Å²) in [5.41, 5.74) is 3.44. The van der Waals surface area contributed by atoms with Gasteiger partial charge in [0.25, 0.3) is 5.91 Å². The summed E-state index contributed by atoms with van der Waals surface area (Å²) in [5, 5.41) is 3.18. The number of benzene rings is 1. The van der Waals surface area contributed by atoms with E-state index in [0.717, 1.165) is 18.5 Å². The zero-order valence-corrected chi connectivity index (χ0v) is 10.7. The van der Waals surface area contributed by atoms with Crippen LogP contribution in [0.25, 0.3) is 0 Å². The fourth-order valence-corrected chi connectivity index (χ4v) is 2.47. The van der Waals surface area contributed by atoms with Crippen molar-refractivity contribution in [3.8, 4) is 5.75 Å². The number of ether oxygens (including phenoxy) is 1. The number of hydroxylamine groups is 1. The third kappa shape index (κ3) is 2.81. The molecule has 2 N–H and O–H groups in total. The number of amides is 1. The molecule has 1 saturated carbocycles. The van der Waals surface area contributed by atoms with Gasteiger partial charge in [-0.1, -0.05) is 25.0 Å². The first-order valence-electron chi connectivity index (χ1n) is 6.78. The second kappa shape index (κ2) is 5.48. The van der Waals surface area contributed by atoms with Crippen LogP contribution >= 0.6 is 0 Å². The zero-order valence-electron chi connectivity index (χ0n) is 10.7. The second-order valence-electron chi connectivity index (χ2n) is 4.97. The number of para-hydroxylation sites is 2. The van der Waals surface area contributed by atoms with Crippen molar-refractivity contribution in [1.82, 2.24) is 5.48 Å². The van der Waals surface area contributed by atoms with Gasteiger partial charge in [-0.25, -0.2) is 5.48 Å². The van der Waals surface area contributed by atoms with Crippen LogP contribution in [-0.2, 0) is 9.63 Å². The molecule has 3 rings (SSSR count). The average molecular weight is 262 g/mol. The third-order valence-electron chi connectivity index (χ3n) is 3.56. The van der Waals surface area contributed by atoms with Crippen LogP contribution in [-0.4, -0.2) is 24.7 Å². The molecule has 19 heavy (non-hydrogen) atoms. The Hall–Kier alpha value is -1.75. The van der Waals surface area contributed by atoms with Crippen molar-refractivity contribution in [3.05, 3.63) is 24.3 Å². The number of hydrogen-bond donors (Lipinski definition) is 2. The molecule has 1 heterocycles. The van der Waals surface area contributed by atoms with Gasteiger partial charge in [-0.2, -0.15) is 0 Å². The van der Waals surface area contributed by atoms with Crippen LogP contribution in [0, 0.1) is 0 Å². The first-order chi connectivity index (χ1) is 9.33. The van der Waals surface area contributed by atoms with Gasteiger partial charge in [0, 0.05) is 0 Å². The van der Waals surface area contributed by atoms with E-state index in [-0.39, 0.29) is 12.0 Å². The van der Waals surface area contributed by atoms with Gasteiger partial charge in [-0.3, -0.25) is 9.63 Å². The molecule has 1 aliphatic carbocycles. The van der Waals surface area contributed by atoms with E-state index in [1.54, 1.807) is 0 Å². The quantitative estimate of drug-likeness (QED) is 0.816. The molecule has 1 aromatic carbocycles. The highest BCUT2D eigenvalue weighted by atomic mass is 16.7. The van der Waals surface area contributed by atoms with Crippen molar-refractivity contribution >= 4 is 11.6 Å². The Labute approximate surface area is 112 Å². The van der Waals surface area contributed by atoms with Gasteiger partial charge in [-0.15, -0.1) is 0 Å². The van der Waals surface area contributed by atoms with Gasteiger partial charge in [0.05, 0.1) is 18.3 Å². The Morgan fingerprint density at radius 1 is 1.32 bits per heavy atom. The normalized spacial score (nSPS) is 22.2. The molecule has 0 saturated heterocycles. The molecule has 1 aliphatic heterocycles. The zero-order chi connectivity index (χ0) is 13.1. The predicted octanol–water partition coefficient (Wildman–Crippen LogP) is 1.85. The van der Waals surface area contributed by atoms with E-state index in [1.165, 1.54) is 12.8 Å². The van der Waals surface area contributed by atoms with Gasteiger partial charge in [0.2, 0.25) is 0 Å². The van der Waals surface area contributed by atoms with Crippen molar-refractivity contribution in [3.63, 3.8) is 0 Å². The van der Waals surface area contributed by atoms with E-state index in [9.17, 15) is 4.79 Å². The Morgan fingerprint density at radius 3 is 2.95 bits per heavy atom. The van der Waals surface area contributed by atoms with Gasteiger partial charge in [0.15, 0.2) is 6.10 Å². The maximum atomic E-state index is 12.0. The molecule has 102 valence electrons. The Morgan fingerprint density at radius 2 is 2.11 bits per heavy atom. The van der Waals surface area contributed by atoms with Gasteiger partial charge in [-0.05, 0) is 25.0 Å². The summed E-state index contributed by atoms with van der Waals surface area (Å²) in [6, 6.07) is 7.59. The fraction of sp³-hybridized carbons (Fsp3) is 0.500. The summed E-state index contributed by atoms with van der Waals surface area (Å²) in [7, 11) is 0. The summed E-state index contributed by atoms with van der Waals surface area (Å²) in [6.45, 7) is 0.455. The molecule has 0 spiro atoms. The number of carbonyl (C=O) groups is 1. The van der Waals surface area contributed by atoms with Crippen molar-refractivity contribution in [2.45, 2.75) is 37.9 Å². The minimum atomic E-state index is -0.545. The Balaban J connectivity index is 1.54. The molecular formula is C14H18N2O3. The summed E-state index contributed by atoms with van der Waals surface area (Å²) in [4.78, 5) is 17.4. The standard InChI is InChI=1S/C14H18N2O3/c17-14(16-19-10-5-1-2-6-10)13-9-15-11-7-3-4-8-12(11)18-13/h3-4,7-8,10,13,15H,1-2,5-6,9H2,(H,16,17). The number of anilines is 1. The van der Waals surface area contributed by atoms with E-state index in [2.05, 4.69) is 10.8 Å². The van der Waals surface area contributed by atoms with Crippen molar-refractivity contribution in [2.24, 2.45) is 0 Å². The Bertz CT molecular complexity index is 458. The van der Waals surface area contributed by atoms with Crippen LogP contribution < -0.4 is 15.5 Å². The number of fused-ring (bicyclic) bond motifs is 1. The predicted molar refractivity (Wildman–Crippen MR) is 70.8 cm³/mol. The molecule has 1 unspecified atom stereocenters. The molecular weight excluding hydrogens is 244 g/mol. The molecule has 1 aromatic rings. The summed E-state index contributed by atoms with van der Waals surface area (Å²) >= 11 is 0. The van der Waals surface area contributed by atoms with E-state index < -0.39 is 6.10 Å². The molecule has 0 aromatic heterocycles. The highest BCUT2D eigenvalue weighted by Crippen LogP contribution is 2.28. The summed E-state index contributed by atoms with van der Waals surface area (Å²) < 4.78 is 5.65. The van der Waals surface area contributed by atoms with Crippen LogP contribution in [0.5, 0.6) is 5.75 Å². The topological polar surface area (TPSA) is 59.6 Å². The van der Waals surface area contributed by atoms with E-state index >= 15 is 0 Å². The lowest BCUT2D eigenvalue weighted by Gasteiger charge is -2.26. The minimum Gasteiger partial charge on any atom is -0.476 e. The second-order valence-corrected chi connectivity index (χ2v) is 4.97. The maximum Gasteiger partial charge on any atom is 0.286 e. The molecule has 1 amide bonds. The molecule has 5 heteroatoms. The number of rotatable bonds is 3. The molecule has 5 nitrogen and oxygen atoms in total. The van der Waals surface area contributed by atoms with E-state index in [4.69, 9.17) is 9.57 Å². The largest absolute Gasteiger partial charge is 0.476 e. The van der Waals surface area contributed by atoms with Crippen LogP contribution in [0.15, 0.2) is 24.3 Å². The summed E-state index contributed by atoms with van der Waals surface area (Å²) in [6.07, 6.45) is 4.01. The molecule has 0 bridgehead atoms. The number of nitrogens with one attached hydrogen (secondary N) is 2. The van der Waals surface area contributed by atoms with Crippen LogP contribution in [0.1, 0.15) is 25.7 Å². The first kappa shape index (κ1) is 12.3. The Kier molecular flexibility index (Phi) is 3.55. The van der Waals surface area contributed by atoms with Crippen molar-refractivity contribution < 1.29 is 14.4 Å². The van der Waals surface area contributed by atoms with Crippen molar-refractivity contribution in [2.75, 3.05) is 11.9 Å². The van der Waals surface area contributed by atoms with Gasteiger partial charge in [0.1, 0.15) is 5.75 Å². The molecule has 1 atom stereocenters. The lowest BCUT2D eigenvalue weighted by molar-refractivity contribution is -0.145. The van der Waals surface area contributed by atoms with Crippen LogP contribution in [0.2, 0.25) is 0 Å². The maximum absolute atomic E-state index is 12.0. The van der Waals surface area contributed by atoms with Crippen LogP contribution in [0.4, 0.5) is 5.69 Å². The average Bonchev–Trinajstić information content (AvgIpc) is 2.97. The van der Waals surface area contributed by atoms with Gasteiger partial charge < -0.3 is 10.1 Å². The van der Waals surface area contributed by atoms with Gasteiger partial charge >= 0.3 is 0 Å². The van der Waals surface area contributed by atoms with Crippen molar-refractivity contribution in [1.29, 1.82) is 0 Å². The first-order valence-corrected chi connectivity index (χ1v) is 6.78. The number of hydrogen-bond acceptors (Lipinski definition) is 4. The van der Waals surface area contributed by atoms with E-state index in [0.29, 0.717) is 12.3 Å². The lowest BCUT2D eigenvalue weighted by Crippen LogP contribution is -2.45. The third-order valence-corrected chi connectivity index (χ3v) is 3.56. The lowest BCUT2D eigenvalue weighted by atomic mass is 10.2. The molecule has 0 radical (unpaired) electrons. The summed E-state index contributed by atoms with van der Waals surface area (Å²) in [5.74, 6) is 0.476. The highest BCUT2D eigenvalue weighted by Gasteiger charge is 2.27. The fourth-order valence-electron chi connectivity index (χ4n) is 2.47. The smallest absolute Gasteiger partial charge is 0.286 e.